The van der Waals surface area contributed by atoms with Crippen molar-refractivity contribution in [2.45, 2.75) is 26.3 Å². The Hall–Kier alpha value is -1.13. The Labute approximate surface area is 99.9 Å². The van der Waals surface area contributed by atoms with Gasteiger partial charge in [-0.25, -0.2) is 0 Å². The van der Waals surface area contributed by atoms with E-state index in [1.807, 2.05) is 6.07 Å². The molecule has 2 aromatic heterocycles. The highest BCUT2D eigenvalue weighted by Crippen LogP contribution is 2.28. The molecule has 2 aromatic rings. The molecule has 0 fully saturated rings. The summed E-state index contributed by atoms with van der Waals surface area (Å²) in [6.07, 6.45) is 2.94. The lowest BCUT2D eigenvalue weighted by Gasteiger charge is -2.16. The first kappa shape index (κ1) is 11.4. The normalized spacial score (nSPS) is 12.9. The molecular weight excluding hydrogens is 218 g/mol. The Balaban J connectivity index is 2.25. The highest BCUT2D eigenvalue weighted by molar-refractivity contribution is 7.10. The first-order valence-corrected chi connectivity index (χ1v) is 6.47. The zero-order valence-corrected chi connectivity index (χ0v) is 10.5. The Morgan fingerprint density at radius 1 is 1.50 bits per heavy atom. The van der Waals surface area contributed by atoms with Crippen LogP contribution < -0.4 is 5.32 Å². The second kappa shape index (κ2) is 5.27. The summed E-state index contributed by atoms with van der Waals surface area (Å²) < 4.78 is 0. The van der Waals surface area contributed by atoms with E-state index in [2.05, 4.69) is 40.8 Å². The summed E-state index contributed by atoms with van der Waals surface area (Å²) >= 11 is 1.80. The maximum atomic E-state index is 4.03. The molecule has 0 aliphatic heterocycles. The zero-order chi connectivity index (χ0) is 11.4. The van der Waals surface area contributed by atoms with Crippen molar-refractivity contribution in [1.29, 1.82) is 0 Å². The molecule has 16 heavy (non-hydrogen) atoms. The van der Waals surface area contributed by atoms with E-state index in [0.29, 0.717) is 0 Å². The number of aryl methyl sites for hydroxylation is 1. The van der Waals surface area contributed by atoms with Crippen molar-refractivity contribution >= 4 is 11.3 Å². The van der Waals surface area contributed by atoms with Gasteiger partial charge in [0.15, 0.2) is 0 Å². The predicted molar refractivity (Wildman–Crippen MR) is 67.8 cm³/mol. The van der Waals surface area contributed by atoms with Gasteiger partial charge in [-0.3, -0.25) is 5.10 Å². The van der Waals surface area contributed by atoms with Crippen molar-refractivity contribution in [2.75, 3.05) is 6.54 Å². The number of hydrogen-bond acceptors (Lipinski definition) is 3. The first-order valence-electron chi connectivity index (χ1n) is 5.59. The van der Waals surface area contributed by atoms with Crippen LogP contribution in [0.25, 0.3) is 0 Å². The standard InChI is InChI=1S/C12H17N3S/c1-3-6-13-11(10-4-7-14-15-10)12-9(2)5-8-16-12/h4-5,7-8,11,13H,3,6H2,1-2H3,(H,14,15). The highest BCUT2D eigenvalue weighted by atomic mass is 32.1. The molecule has 0 aliphatic carbocycles. The third-order valence-electron chi connectivity index (χ3n) is 2.60. The average molecular weight is 235 g/mol. The van der Waals surface area contributed by atoms with Crippen LogP contribution in [0.3, 0.4) is 0 Å². The Bertz CT molecular complexity index is 419. The van der Waals surface area contributed by atoms with Crippen molar-refractivity contribution < 1.29 is 0 Å². The van der Waals surface area contributed by atoms with Crippen molar-refractivity contribution in [2.24, 2.45) is 0 Å². The van der Waals surface area contributed by atoms with E-state index in [1.54, 1.807) is 17.5 Å². The summed E-state index contributed by atoms with van der Waals surface area (Å²) in [5.41, 5.74) is 2.48. The second-order valence-corrected chi connectivity index (χ2v) is 4.81. The number of nitrogens with one attached hydrogen (secondary N) is 2. The van der Waals surface area contributed by atoms with Gasteiger partial charge < -0.3 is 5.32 Å². The molecule has 2 rings (SSSR count). The average Bonchev–Trinajstić information content (AvgIpc) is 2.91. The minimum Gasteiger partial charge on any atom is -0.304 e. The molecule has 1 atom stereocenters. The van der Waals surface area contributed by atoms with Crippen molar-refractivity contribution in [3.05, 3.63) is 39.8 Å². The van der Waals surface area contributed by atoms with Crippen LogP contribution in [0.1, 0.15) is 35.5 Å². The van der Waals surface area contributed by atoms with Gasteiger partial charge in [0, 0.05) is 11.1 Å². The summed E-state index contributed by atoms with van der Waals surface area (Å²) in [7, 11) is 0. The fraction of sp³-hybridized carbons (Fsp3) is 0.417. The summed E-state index contributed by atoms with van der Waals surface area (Å²) in [6.45, 7) is 5.35. The van der Waals surface area contributed by atoms with Crippen LogP contribution in [0.15, 0.2) is 23.7 Å². The zero-order valence-electron chi connectivity index (χ0n) is 9.66. The number of nitrogens with zero attached hydrogens (tertiary/aromatic N) is 1. The number of rotatable bonds is 5. The SMILES string of the molecule is CCCNC(c1ccn[nH]1)c1sccc1C. The fourth-order valence-electron chi connectivity index (χ4n) is 1.74. The number of thiophene rings is 1. The molecule has 0 bridgehead atoms. The summed E-state index contributed by atoms with van der Waals surface area (Å²) in [5, 5.41) is 12.8. The van der Waals surface area contributed by atoms with Gasteiger partial charge in [-0.1, -0.05) is 6.92 Å². The molecule has 0 aliphatic rings. The van der Waals surface area contributed by atoms with Gasteiger partial charge in [-0.05, 0) is 43.0 Å². The lowest BCUT2D eigenvalue weighted by Crippen LogP contribution is -2.23. The van der Waals surface area contributed by atoms with Crippen LogP contribution in [0, 0.1) is 6.92 Å². The number of aromatic amines is 1. The highest BCUT2D eigenvalue weighted by Gasteiger charge is 2.17. The smallest absolute Gasteiger partial charge is 0.0841 e. The Morgan fingerprint density at radius 2 is 2.38 bits per heavy atom. The molecule has 0 saturated heterocycles. The lowest BCUT2D eigenvalue weighted by atomic mass is 10.1. The van der Waals surface area contributed by atoms with Gasteiger partial charge in [0.2, 0.25) is 0 Å². The molecule has 0 radical (unpaired) electrons. The van der Waals surface area contributed by atoms with E-state index in [9.17, 15) is 0 Å². The van der Waals surface area contributed by atoms with Crippen LogP contribution >= 0.6 is 11.3 Å². The molecule has 0 amide bonds. The minimum absolute atomic E-state index is 0.252. The van der Waals surface area contributed by atoms with Crippen LogP contribution in [0.4, 0.5) is 0 Å². The molecular formula is C12H17N3S. The maximum absolute atomic E-state index is 4.03. The van der Waals surface area contributed by atoms with E-state index in [1.165, 1.54) is 10.4 Å². The Kier molecular flexibility index (Phi) is 3.74. The summed E-state index contributed by atoms with van der Waals surface area (Å²) in [4.78, 5) is 1.37. The maximum Gasteiger partial charge on any atom is 0.0841 e. The van der Waals surface area contributed by atoms with Crippen molar-refractivity contribution in [3.63, 3.8) is 0 Å². The van der Waals surface area contributed by atoms with Gasteiger partial charge in [0.1, 0.15) is 0 Å². The topological polar surface area (TPSA) is 40.7 Å². The first-order chi connectivity index (χ1) is 7.83. The summed E-state index contributed by atoms with van der Waals surface area (Å²) in [5.74, 6) is 0. The third-order valence-corrected chi connectivity index (χ3v) is 3.68. The molecule has 0 saturated carbocycles. The van der Waals surface area contributed by atoms with Gasteiger partial charge in [-0.2, -0.15) is 5.10 Å². The van der Waals surface area contributed by atoms with E-state index in [-0.39, 0.29) is 6.04 Å². The van der Waals surface area contributed by atoms with E-state index < -0.39 is 0 Å². The van der Waals surface area contributed by atoms with Crippen molar-refractivity contribution in [3.8, 4) is 0 Å². The second-order valence-electron chi connectivity index (χ2n) is 3.87. The van der Waals surface area contributed by atoms with Crippen LogP contribution in [0.2, 0.25) is 0 Å². The lowest BCUT2D eigenvalue weighted by molar-refractivity contribution is 0.590. The molecule has 1 unspecified atom stereocenters. The van der Waals surface area contributed by atoms with Crippen LogP contribution in [-0.2, 0) is 0 Å². The minimum atomic E-state index is 0.252. The van der Waals surface area contributed by atoms with Crippen LogP contribution in [-0.4, -0.2) is 16.7 Å². The summed E-state index contributed by atoms with van der Waals surface area (Å²) in [6, 6.07) is 4.45. The molecule has 2 N–H and O–H groups in total. The fourth-order valence-corrected chi connectivity index (χ4v) is 2.76. The van der Waals surface area contributed by atoms with Gasteiger partial charge in [-0.15, -0.1) is 11.3 Å². The predicted octanol–water partition coefficient (Wildman–Crippen LogP) is 2.87. The molecule has 0 spiro atoms. The molecule has 3 nitrogen and oxygen atoms in total. The quantitative estimate of drug-likeness (QED) is 0.836. The molecule has 4 heteroatoms. The van der Waals surface area contributed by atoms with Gasteiger partial charge in [0.25, 0.3) is 0 Å². The number of H-pyrrole nitrogens is 1. The Morgan fingerprint density at radius 3 is 2.94 bits per heavy atom. The number of aromatic nitrogens is 2. The molecule has 0 aromatic carbocycles. The van der Waals surface area contributed by atoms with E-state index in [0.717, 1.165) is 18.7 Å². The van der Waals surface area contributed by atoms with Crippen molar-refractivity contribution in [1.82, 2.24) is 15.5 Å². The largest absolute Gasteiger partial charge is 0.304 e. The van der Waals surface area contributed by atoms with Gasteiger partial charge in [0.05, 0.1) is 11.7 Å². The van der Waals surface area contributed by atoms with E-state index in [4.69, 9.17) is 0 Å². The molecule has 2 heterocycles. The molecule has 86 valence electrons. The third kappa shape index (κ3) is 2.33. The van der Waals surface area contributed by atoms with Crippen LogP contribution in [0.5, 0.6) is 0 Å². The number of hydrogen-bond donors (Lipinski definition) is 2. The van der Waals surface area contributed by atoms with Gasteiger partial charge >= 0.3 is 0 Å². The van der Waals surface area contributed by atoms with E-state index >= 15 is 0 Å². The monoisotopic (exact) mass is 235 g/mol.